The number of benzene rings is 1. The molecule has 1 aromatic carbocycles. The molecule has 1 fully saturated rings. The van der Waals surface area contributed by atoms with E-state index >= 15 is 0 Å². The van der Waals surface area contributed by atoms with Crippen molar-refractivity contribution in [1.29, 1.82) is 0 Å². The van der Waals surface area contributed by atoms with Crippen LogP contribution >= 0.6 is 0 Å². The fraction of sp³-hybridized carbons (Fsp3) is 0.529. The lowest BCUT2D eigenvalue weighted by Crippen LogP contribution is -2.29. The summed E-state index contributed by atoms with van der Waals surface area (Å²) in [5.41, 5.74) is 2.15. The highest BCUT2D eigenvalue weighted by Gasteiger charge is 2.17. The van der Waals surface area contributed by atoms with Gasteiger partial charge in [-0.15, -0.1) is 0 Å². The van der Waals surface area contributed by atoms with Gasteiger partial charge in [-0.25, -0.2) is 4.39 Å². The average Bonchev–Trinajstić information content (AvgIpc) is 2.80. The molecule has 0 spiro atoms. The van der Waals surface area contributed by atoms with Crippen LogP contribution in [0.5, 0.6) is 0 Å². The Kier molecular flexibility index (Phi) is 3.79. The third-order valence-electron chi connectivity index (χ3n) is 4.28. The highest BCUT2D eigenvalue weighted by molar-refractivity contribution is 5.84. The van der Waals surface area contributed by atoms with Crippen LogP contribution in [-0.4, -0.2) is 22.6 Å². The SMILES string of the molecule is CC(C)n1cc(CN2CCCCC2)c2c(F)cccc21. The van der Waals surface area contributed by atoms with Crippen LogP contribution in [0, 0.1) is 5.82 Å². The van der Waals surface area contributed by atoms with Crippen LogP contribution in [0.25, 0.3) is 10.9 Å². The number of hydrogen-bond donors (Lipinski definition) is 0. The van der Waals surface area contributed by atoms with Crippen molar-refractivity contribution in [2.45, 2.75) is 45.7 Å². The second-order valence-electron chi connectivity index (χ2n) is 6.13. The predicted octanol–water partition coefficient (Wildman–Crippen LogP) is 4.35. The number of halogens is 1. The van der Waals surface area contributed by atoms with Gasteiger partial charge in [-0.2, -0.15) is 0 Å². The first kappa shape index (κ1) is 13.6. The van der Waals surface area contributed by atoms with Crippen LogP contribution in [0.15, 0.2) is 24.4 Å². The quantitative estimate of drug-likeness (QED) is 0.808. The number of piperidine rings is 1. The van der Waals surface area contributed by atoms with Gasteiger partial charge in [0.2, 0.25) is 0 Å². The first-order chi connectivity index (χ1) is 9.66. The van der Waals surface area contributed by atoms with Gasteiger partial charge in [-0.05, 0) is 57.5 Å². The molecule has 108 valence electrons. The maximum Gasteiger partial charge on any atom is 0.132 e. The first-order valence-corrected chi connectivity index (χ1v) is 7.67. The number of rotatable bonds is 3. The summed E-state index contributed by atoms with van der Waals surface area (Å²) in [6, 6.07) is 5.76. The van der Waals surface area contributed by atoms with Crippen LogP contribution < -0.4 is 0 Å². The van der Waals surface area contributed by atoms with E-state index in [0.717, 1.165) is 36.1 Å². The highest BCUT2D eigenvalue weighted by atomic mass is 19.1. The maximum atomic E-state index is 14.2. The van der Waals surface area contributed by atoms with Gasteiger partial charge in [0.25, 0.3) is 0 Å². The molecule has 0 saturated carbocycles. The minimum absolute atomic E-state index is 0.0890. The minimum Gasteiger partial charge on any atom is -0.345 e. The zero-order chi connectivity index (χ0) is 14.1. The van der Waals surface area contributed by atoms with Crippen LogP contribution in [0.3, 0.4) is 0 Å². The highest BCUT2D eigenvalue weighted by Crippen LogP contribution is 2.28. The van der Waals surface area contributed by atoms with E-state index in [2.05, 4.69) is 29.5 Å². The lowest BCUT2D eigenvalue weighted by Gasteiger charge is -2.26. The predicted molar refractivity (Wildman–Crippen MR) is 81.4 cm³/mol. The molecule has 0 atom stereocenters. The molecule has 1 aliphatic rings. The second kappa shape index (κ2) is 5.57. The van der Waals surface area contributed by atoms with Crippen LogP contribution in [0.4, 0.5) is 4.39 Å². The molecule has 2 aromatic rings. The summed E-state index contributed by atoms with van der Waals surface area (Å²) in [7, 11) is 0. The van der Waals surface area contributed by atoms with Crippen molar-refractivity contribution in [3.63, 3.8) is 0 Å². The lowest BCUT2D eigenvalue weighted by molar-refractivity contribution is 0.221. The van der Waals surface area contributed by atoms with E-state index in [0.29, 0.717) is 6.04 Å². The molecule has 0 unspecified atom stereocenters. The van der Waals surface area contributed by atoms with Gasteiger partial charge in [0, 0.05) is 24.2 Å². The molecule has 20 heavy (non-hydrogen) atoms. The smallest absolute Gasteiger partial charge is 0.132 e. The van der Waals surface area contributed by atoms with Crippen molar-refractivity contribution in [1.82, 2.24) is 9.47 Å². The summed E-state index contributed by atoms with van der Waals surface area (Å²) < 4.78 is 16.4. The van der Waals surface area contributed by atoms with E-state index < -0.39 is 0 Å². The Balaban J connectivity index is 2.01. The second-order valence-corrected chi connectivity index (χ2v) is 6.13. The number of aromatic nitrogens is 1. The summed E-state index contributed by atoms with van der Waals surface area (Å²) >= 11 is 0. The molecule has 1 saturated heterocycles. The van der Waals surface area contributed by atoms with Crippen LogP contribution in [0.1, 0.15) is 44.7 Å². The monoisotopic (exact) mass is 274 g/mol. The van der Waals surface area contributed by atoms with Crippen LogP contribution in [0.2, 0.25) is 0 Å². The van der Waals surface area contributed by atoms with E-state index in [1.807, 2.05) is 6.07 Å². The van der Waals surface area contributed by atoms with E-state index in [9.17, 15) is 4.39 Å². The molecule has 2 heterocycles. The maximum absolute atomic E-state index is 14.2. The third-order valence-corrected chi connectivity index (χ3v) is 4.28. The van der Waals surface area contributed by atoms with Gasteiger partial charge in [0.1, 0.15) is 5.82 Å². The van der Waals surface area contributed by atoms with Crippen molar-refractivity contribution < 1.29 is 4.39 Å². The normalized spacial score (nSPS) is 17.2. The summed E-state index contributed by atoms with van der Waals surface area (Å²) in [5, 5.41) is 0.812. The molecule has 0 amide bonds. The Morgan fingerprint density at radius 2 is 1.90 bits per heavy atom. The fourth-order valence-corrected chi connectivity index (χ4v) is 3.25. The molecule has 1 aliphatic heterocycles. The topological polar surface area (TPSA) is 8.17 Å². The van der Waals surface area contributed by atoms with Crippen molar-refractivity contribution >= 4 is 10.9 Å². The Bertz CT molecular complexity index is 594. The van der Waals surface area contributed by atoms with Crippen molar-refractivity contribution in [3.05, 3.63) is 35.8 Å². The molecular weight excluding hydrogens is 251 g/mol. The summed E-state index contributed by atoms with van der Waals surface area (Å²) in [6.45, 7) is 7.45. The number of hydrogen-bond acceptors (Lipinski definition) is 1. The van der Waals surface area contributed by atoms with Gasteiger partial charge in [-0.1, -0.05) is 12.5 Å². The van der Waals surface area contributed by atoms with Gasteiger partial charge >= 0.3 is 0 Å². The van der Waals surface area contributed by atoms with Gasteiger partial charge in [0.05, 0.1) is 5.52 Å². The number of nitrogens with zero attached hydrogens (tertiary/aromatic N) is 2. The zero-order valence-corrected chi connectivity index (χ0v) is 12.4. The Labute approximate surface area is 120 Å². The van der Waals surface area contributed by atoms with E-state index in [1.54, 1.807) is 12.1 Å². The Hall–Kier alpha value is -1.35. The van der Waals surface area contributed by atoms with Crippen molar-refractivity contribution in [3.8, 4) is 0 Å². The Morgan fingerprint density at radius 1 is 1.15 bits per heavy atom. The molecule has 0 bridgehead atoms. The summed E-state index contributed by atoms with van der Waals surface area (Å²) in [4.78, 5) is 2.45. The number of likely N-dealkylation sites (tertiary alicyclic amines) is 1. The lowest BCUT2D eigenvalue weighted by atomic mass is 10.1. The zero-order valence-electron chi connectivity index (χ0n) is 12.4. The van der Waals surface area contributed by atoms with E-state index in [4.69, 9.17) is 0 Å². The average molecular weight is 274 g/mol. The molecule has 0 radical (unpaired) electrons. The van der Waals surface area contributed by atoms with Crippen LogP contribution in [-0.2, 0) is 6.54 Å². The molecular formula is C17H23FN2. The van der Waals surface area contributed by atoms with Crippen molar-refractivity contribution in [2.75, 3.05) is 13.1 Å². The number of fused-ring (bicyclic) bond motifs is 1. The first-order valence-electron chi connectivity index (χ1n) is 7.67. The molecule has 1 aromatic heterocycles. The third kappa shape index (κ3) is 2.47. The molecule has 0 aliphatic carbocycles. The molecule has 0 N–H and O–H groups in total. The molecule has 3 rings (SSSR count). The standard InChI is InChI=1S/C17H23FN2/c1-13(2)20-12-14(11-19-9-4-3-5-10-19)17-15(18)7-6-8-16(17)20/h6-8,12-13H,3-5,9-11H2,1-2H3. The van der Waals surface area contributed by atoms with Gasteiger partial charge < -0.3 is 4.57 Å². The van der Waals surface area contributed by atoms with Gasteiger partial charge in [-0.3, -0.25) is 4.90 Å². The largest absolute Gasteiger partial charge is 0.345 e. The summed E-state index contributed by atoms with van der Waals surface area (Å²) in [6.07, 6.45) is 6.02. The van der Waals surface area contributed by atoms with E-state index in [-0.39, 0.29) is 5.82 Å². The Morgan fingerprint density at radius 3 is 2.60 bits per heavy atom. The minimum atomic E-state index is -0.0890. The molecule has 3 heteroatoms. The van der Waals surface area contributed by atoms with Gasteiger partial charge in [0.15, 0.2) is 0 Å². The fourth-order valence-electron chi connectivity index (χ4n) is 3.25. The van der Waals surface area contributed by atoms with E-state index in [1.165, 1.54) is 19.3 Å². The summed E-state index contributed by atoms with van der Waals surface area (Å²) in [5.74, 6) is -0.0890. The van der Waals surface area contributed by atoms with Crippen molar-refractivity contribution in [2.24, 2.45) is 0 Å². The molecule has 2 nitrogen and oxygen atoms in total.